The monoisotopic (exact) mass is 396 g/mol. The summed E-state index contributed by atoms with van der Waals surface area (Å²) in [7, 11) is 1.88. The molecule has 7 nitrogen and oxygen atoms in total. The molecule has 1 fully saturated rings. The molecule has 1 saturated heterocycles. The fraction of sp³-hybridized carbons (Fsp3) is 0.429. The molecular weight excluding hydrogens is 371 g/mol. The van der Waals surface area contributed by atoms with E-state index in [1.807, 2.05) is 43.7 Å². The van der Waals surface area contributed by atoms with E-state index in [1.54, 1.807) is 11.6 Å². The maximum Gasteiger partial charge on any atom is 0.228 e. The Balaban J connectivity index is 1.44. The Labute approximate surface area is 168 Å². The second-order valence-electron chi connectivity index (χ2n) is 7.75. The van der Waals surface area contributed by atoms with Crippen LogP contribution < -0.4 is 5.32 Å². The van der Waals surface area contributed by atoms with Crippen LogP contribution in [0.2, 0.25) is 0 Å². The van der Waals surface area contributed by atoms with Gasteiger partial charge in [-0.1, -0.05) is 6.07 Å². The minimum Gasteiger partial charge on any atom is -0.309 e. The first-order valence-corrected chi connectivity index (χ1v) is 9.92. The molecule has 0 bridgehead atoms. The number of hydrogen-bond donors (Lipinski definition) is 1. The lowest BCUT2D eigenvalue weighted by molar-refractivity contribution is -0.121. The van der Waals surface area contributed by atoms with Crippen LogP contribution in [0, 0.1) is 5.92 Å². The molecule has 1 atom stereocenters. The molecule has 3 heterocycles. The van der Waals surface area contributed by atoms with Crippen LogP contribution in [0.15, 0.2) is 36.7 Å². The van der Waals surface area contributed by atoms with Gasteiger partial charge in [0, 0.05) is 36.7 Å². The first-order valence-electron chi connectivity index (χ1n) is 9.92. The number of nitrogens with one attached hydrogen (secondary N) is 1. The lowest BCUT2D eigenvalue weighted by Crippen LogP contribution is -2.40. The highest BCUT2D eigenvalue weighted by atomic mass is 19.1. The van der Waals surface area contributed by atoms with Crippen LogP contribution in [0.25, 0.3) is 22.0 Å². The number of carbonyl (C=O) groups excluding carboxylic acids is 1. The lowest BCUT2D eigenvalue weighted by Gasteiger charge is -2.31. The zero-order valence-corrected chi connectivity index (χ0v) is 16.7. The number of carbonyl (C=O) groups is 1. The summed E-state index contributed by atoms with van der Waals surface area (Å²) < 4.78 is 14.9. The van der Waals surface area contributed by atoms with Crippen molar-refractivity contribution in [3.05, 3.63) is 36.7 Å². The number of nitrogens with zero attached hydrogens (tertiary/aromatic N) is 5. The maximum atomic E-state index is 13.2. The summed E-state index contributed by atoms with van der Waals surface area (Å²) in [5, 5.41) is 16.4. The summed E-state index contributed by atoms with van der Waals surface area (Å²) >= 11 is 0. The van der Waals surface area contributed by atoms with Gasteiger partial charge >= 0.3 is 0 Å². The Morgan fingerprint density at radius 2 is 2.03 bits per heavy atom. The number of aromatic nitrogens is 4. The number of fused-ring (bicyclic) bond motifs is 1. The molecule has 2 aromatic heterocycles. The van der Waals surface area contributed by atoms with Gasteiger partial charge in [0.25, 0.3) is 0 Å². The molecule has 1 N–H and O–H groups in total. The zero-order valence-electron chi connectivity index (χ0n) is 16.7. The molecule has 0 spiro atoms. The normalized spacial score (nSPS) is 16.8. The number of hydrogen-bond acceptors (Lipinski definition) is 5. The summed E-state index contributed by atoms with van der Waals surface area (Å²) in [5.74, 6) is 0.320. The van der Waals surface area contributed by atoms with Crippen LogP contribution in [0.4, 0.5) is 10.2 Å². The van der Waals surface area contributed by atoms with E-state index in [1.165, 1.54) is 0 Å². The average molecular weight is 396 g/mol. The van der Waals surface area contributed by atoms with Crippen molar-refractivity contribution in [3.63, 3.8) is 0 Å². The van der Waals surface area contributed by atoms with Gasteiger partial charge in [-0.3, -0.25) is 9.48 Å². The Bertz CT molecular complexity index is 1010. The van der Waals surface area contributed by atoms with E-state index in [-0.39, 0.29) is 11.8 Å². The van der Waals surface area contributed by atoms with Gasteiger partial charge in [0.05, 0.1) is 11.7 Å². The third-order valence-corrected chi connectivity index (χ3v) is 5.34. The molecule has 1 aliphatic heterocycles. The SMILES string of the molecule is CC(F)CN1CCC(C(=O)Nc2cc3cc(-c4cnn(C)c4)ccc3nn2)CC1. The van der Waals surface area contributed by atoms with E-state index in [0.29, 0.717) is 12.4 Å². The second kappa shape index (κ2) is 8.24. The summed E-state index contributed by atoms with van der Waals surface area (Å²) in [6.07, 6.45) is 4.38. The van der Waals surface area contributed by atoms with E-state index < -0.39 is 6.17 Å². The minimum absolute atomic E-state index is 0.0463. The number of aryl methyl sites for hydroxylation is 1. The van der Waals surface area contributed by atoms with E-state index in [0.717, 1.165) is 48.0 Å². The predicted octanol–water partition coefficient (Wildman–Crippen LogP) is 3.04. The predicted molar refractivity (Wildman–Crippen MR) is 110 cm³/mol. The minimum atomic E-state index is -0.843. The Morgan fingerprint density at radius 1 is 1.24 bits per heavy atom. The van der Waals surface area contributed by atoms with Crippen molar-refractivity contribution >= 4 is 22.6 Å². The van der Waals surface area contributed by atoms with Gasteiger partial charge in [-0.2, -0.15) is 5.10 Å². The molecule has 1 aromatic carbocycles. The van der Waals surface area contributed by atoms with E-state index >= 15 is 0 Å². The number of halogens is 1. The van der Waals surface area contributed by atoms with Gasteiger partial charge < -0.3 is 10.2 Å². The van der Waals surface area contributed by atoms with Gasteiger partial charge in [0.2, 0.25) is 5.91 Å². The molecule has 0 aliphatic carbocycles. The average Bonchev–Trinajstić information content (AvgIpc) is 3.14. The van der Waals surface area contributed by atoms with Gasteiger partial charge in [-0.05, 0) is 56.6 Å². The first-order chi connectivity index (χ1) is 14.0. The molecule has 0 saturated carbocycles. The third kappa shape index (κ3) is 4.59. The molecular formula is C21H25FN6O. The molecule has 1 unspecified atom stereocenters. The number of rotatable bonds is 5. The highest BCUT2D eigenvalue weighted by Crippen LogP contribution is 2.25. The van der Waals surface area contributed by atoms with Crippen molar-refractivity contribution in [2.45, 2.75) is 25.9 Å². The van der Waals surface area contributed by atoms with Crippen LogP contribution in [0.1, 0.15) is 19.8 Å². The van der Waals surface area contributed by atoms with Crippen LogP contribution in [-0.4, -0.2) is 56.6 Å². The van der Waals surface area contributed by atoms with Crippen molar-refractivity contribution in [2.75, 3.05) is 25.0 Å². The summed E-state index contributed by atoms with van der Waals surface area (Å²) in [5.41, 5.74) is 2.82. The quantitative estimate of drug-likeness (QED) is 0.717. The van der Waals surface area contributed by atoms with Crippen molar-refractivity contribution in [3.8, 4) is 11.1 Å². The number of amides is 1. The number of anilines is 1. The zero-order chi connectivity index (χ0) is 20.4. The highest BCUT2D eigenvalue weighted by molar-refractivity contribution is 5.94. The summed E-state index contributed by atoms with van der Waals surface area (Å²) in [6.45, 7) is 3.48. The molecule has 1 amide bonds. The third-order valence-electron chi connectivity index (χ3n) is 5.34. The fourth-order valence-corrected chi connectivity index (χ4v) is 3.82. The number of piperidine rings is 1. The standard InChI is InChI=1S/C21H25FN6O/c1-14(22)12-28-7-5-15(6-8-28)21(29)24-20-10-17-9-16(3-4-19(17)25-26-20)18-11-23-27(2)13-18/h3-4,9-11,13-15H,5-8,12H2,1-2H3,(H,24,26,29). The summed E-state index contributed by atoms with van der Waals surface area (Å²) in [6, 6.07) is 7.77. The largest absolute Gasteiger partial charge is 0.309 e. The van der Waals surface area contributed by atoms with E-state index in [9.17, 15) is 9.18 Å². The number of benzene rings is 1. The lowest BCUT2D eigenvalue weighted by atomic mass is 9.96. The fourth-order valence-electron chi connectivity index (χ4n) is 3.82. The van der Waals surface area contributed by atoms with Crippen LogP contribution >= 0.6 is 0 Å². The van der Waals surface area contributed by atoms with Crippen LogP contribution in [0.5, 0.6) is 0 Å². The number of alkyl halides is 1. The van der Waals surface area contributed by atoms with Crippen molar-refractivity contribution in [1.82, 2.24) is 24.9 Å². The molecule has 152 valence electrons. The molecule has 0 radical (unpaired) electrons. The smallest absolute Gasteiger partial charge is 0.228 e. The van der Waals surface area contributed by atoms with Crippen LogP contribution in [-0.2, 0) is 11.8 Å². The van der Waals surface area contributed by atoms with Gasteiger partial charge in [-0.25, -0.2) is 4.39 Å². The molecule has 4 rings (SSSR count). The maximum absolute atomic E-state index is 13.2. The number of likely N-dealkylation sites (tertiary alicyclic amines) is 1. The van der Waals surface area contributed by atoms with E-state index in [2.05, 4.69) is 25.5 Å². The molecule has 29 heavy (non-hydrogen) atoms. The van der Waals surface area contributed by atoms with Crippen LogP contribution in [0.3, 0.4) is 0 Å². The Morgan fingerprint density at radius 3 is 2.72 bits per heavy atom. The van der Waals surface area contributed by atoms with Gasteiger partial charge in [0.1, 0.15) is 6.17 Å². The summed E-state index contributed by atoms with van der Waals surface area (Å²) in [4.78, 5) is 14.7. The molecule has 3 aromatic rings. The second-order valence-corrected chi connectivity index (χ2v) is 7.75. The topological polar surface area (TPSA) is 75.9 Å². The van der Waals surface area contributed by atoms with Crippen molar-refractivity contribution < 1.29 is 9.18 Å². The highest BCUT2D eigenvalue weighted by Gasteiger charge is 2.26. The first kappa shape index (κ1) is 19.4. The Hall–Kier alpha value is -2.87. The Kier molecular flexibility index (Phi) is 5.53. The van der Waals surface area contributed by atoms with Gasteiger partial charge in [0.15, 0.2) is 5.82 Å². The van der Waals surface area contributed by atoms with E-state index in [4.69, 9.17) is 0 Å². The van der Waals surface area contributed by atoms with Gasteiger partial charge in [-0.15, -0.1) is 10.2 Å². The van der Waals surface area contributed by atoms with Crippen molar-refractivity contribution in [2.24, 2.45) is 13.0 Å². The molecule has 1 aliphatic rings. The van der Waals surface area contributed by atoms with Crippen molar-refractivity contribution in [1.29, 1.82) is 0 Å². The molecule has 8 heteroatoms.